The van der Waals surface area contributed by atoms with Crippen LogP contribution in [0, 0.1) is 6.92 Å². The monoisotopic (exact) mass is 499 g/mol. The van der Waals surface area contributed by atoms with Gasteiger partial charge in [0.2, 0.25) is 0 Å². The highest BCUT2D eigenvalue weighted by molar-refractivity contribution is 8.18. The van der Waals surface area contributed by atoms with E-state index in [0.29, 0.717) is 28.0 Å². The van der Waals surface area contributed by atoms with Gasteiger partial charge in [-0.3, -0.25) is 0 Å². The van der Waals surface area contributed by atoms with Gasteiger partial charge in [0.15, 0.2) is 0 Å². The minimum absolute atomic E-state index is 0.0747. The third-order valence-electron chi connectivity index (χ3n) is 5.67. The fourth-order valence-electron chi connectivity index (χ4n) is 3.63. The van der Waals surface area contributed by atoms with E-state index in [2.05, 4.69) is 24.0 Å². The predicted octanol–water partition coefficient (Wildman–Crippen LogP) is 7.33. The molecule has 0 fully saturated rings. The number of aliphatic imine (C=N–C) groups is 1. The Labute approximate surface area is 216 Å². The number of aliphatic hydroxyl groups excluding tert-OH is 1. The smallest absolute Gasteiger partial charge is 0.344 e. The van der Waals surface area contributed by atoms with Gasteiger partial charge in [0.1, 0.15) is 28.7 Å². The van der Waals surface area contributed by atoms with Crippen LogP contribution < -0.4 is 4.74 Å². The zero-order chi connectivity index (χ0) is 25.5. The Morgan fingerprint density at radius 3 is 2.36 bits per heavy atom. The molecule has 6 heteroatoms. The summed E-state index contributed by atoms with van der Waals surface area (Å²) >= 11 is 1.24. The molecule has 3 aromatic rings. The van der Waals surface area contributed by atoms with Gasteiger partial charge in [0.25, 0.3) is 0 Å². The molecule has 3 aromatic carbocycles. The van der Waals surface area contributed by atoms with Crippen molar-refractivity contribution in [2.75, 3.05) is 6.61 Å². The number of aryl methyl sites for hydroxylation is 2. The maximum Gasteiger partial charge on any atom is 0.344 e. The van der Waals surface area contributed by atoms with Crippen molar-refractivity contribution in [3.8, 4) is 5.75 Å². The minimum Gasteiger partial charge on any atom is -0.506 e. The van der Waals surface area contributed by atoms with E-state index < -0.39 is 5.97 Å². The lowest BCUT2D eigenvalue weighted by molar-refractivity contribution is -0.138. The van der Waals surface area contributed by atoms with E-state index in [1.165, 1.54) is 22.9 Å². The van der Waals surface area contributed by atoms with Crippen LogP contribution in [-0.4, -0.2) is 22.7 Å². The van der Waals surface area contributed by atoms with Crippen LogP contribution in [0.15, 0.2) is 94.0 Å². The van der Waals surface area contributed by atoms with Crippen molar-refractivity contribution in [3.05, 3.63) is 111 Å². The molecule has 0 amide bonds. The normalized spacial score (nSPS) is 15.5. The lowest BCUT2D eigenvalue weighted by atomic mass is 10.1. The number of thioether (sulfide) groups is 1. The van der Waals surface area contributed by atoms with Gasteiger partial charge in [-0.1, -0.05) is 78.8 Å². The van der Waals surface area contributed by atoms with E-state index in [1.807, 2.05) is 73.7 Å². The summed E-state index contributed by atoms with van der Waals surface area (Å²) in [4.78, 5) is 17.9. The molecule has 1 N–H and O–H groups in total. The van der Waals surface area contributed by atoms with Gasteiger partial charge >= 0.3 is 5.97 Å². The zero-order valence-corrected chi connectivity index (χ0v) is 21.5. The second kappa shape index (κ2) is 11.8. The Kier molecular flexibility index (Phi) is 8.28. The number of para-hydroxylation sites is 1. The van der Waals surface area contributed by atoms with Crippen molar-refractivity contribution in [2.24, 2.45) is 4.99 Å². The van der Waals surface area contributed by atoms with E-state index in [-0.39, 0.29) is 17.9 Å². The summed E-state index contributed by atoms with van der Waals surface area (Å²) in [5, 5.41) is 11.4. The van der Waals surface area contributed by atoms with Crippen LogP contribution in [0.1, 0.15) is 36.1 Å². The second-order valence-corrected chi connectivity index (χ2v) is 9.33. The lowest BCUT2D eigenvalue weighted by Gasteiger charge is -2.10. The Hall–Kier alpha value is -3.77. The quantitative estimate of drug-likeness (QED) is 0.329. The largest absolute Gasteiger partial charge is 0.506 e. The van der Waals surface area contributed by atoms with Gasteiger partial charge in [-0.05, 0) is 55.7 Å². The van der Waals surface area contributed by atoms with Crippen LogP contribution in [0.2, 0.25) is 0 Å². The van der Waals surface area contributed by atoms with E-state index in [1.54, 1.807) is 6.92 Å². The Bertz CT molecular complexity index is 1320. The first-order valence-corrected chi connectivity index (χ1v) is 12.8. The second-order valence-electron chi connectivity index (χ2n) is 8.30. The third kappa shape index (κ3) is 6.07. The Morgan fingerprint density at radius 2 is 1.67 bits per heavy atom. The fraction of sp³-hybridized carbons (Fsp3) is 0.200. The molecule has 1 aliphatic heterocycles. The van der Waals surface area contributed by atoms with Crippen LogP contribution in [0.4, 0.5) is 5.69 Å². The van der Waals surface area contributed by atoms with Gasteiger partial charge in [0, 0.05) is 5.56 Å². The van der Waals surface area contributed by atoms with Crippen LogP contribution in [-0.2, 0) is 22.6 Å². The molecule has 1 heterocycles. The summed E-state index contributed by atoms with van der Waals surface area (Å²) in [5.74, 6) is -0.0633. The predicted molar refractivity (Wildman–Crippen MR) is 147 cm³/mol. The molecule has 36 heavy (non-hydrogen) atoms. The highest BCUT2D eigenvalue weighted by Crippen LogP contribution is 2.41. The average molecular weight is 500 g/mol. The molecule has 0 atom stereocenters. The first-order chi connectivity index (χ1) is 17.5. The van der Waals surface area contributed by atoms with Gasteiger partial charge in [0.05, 0.1) is 17.2 Å². The molecule has 1 aliphatic rings. The fourth-order valence-corrected chi connectivity index (χ4v) is 4.66. The number of benzene rings is 3. The molecule has 0 bridgehead atoms. The van der Waals surface area contributed by atoms with Crippen molar-refractivity contribution in [1.29, 1.82) is 0 Å². The maximum atomic E-state index is 12.7. The zero-order valence-electron chi connectivity index (χ0n) is 20.7. The van der Waals surface area contributed by atoms with Crippen LogP contribution >= 0.6 is 11.8 Å². The van der Waals surface area contributed by atoms with E-state index >= 15 is 0 Å². The first kappa shape index (κ1) is 25.3. The number of nitrogens with zero attached hydrogens (tertiary/aromatic N) is 1. The minimum atomic E-state index is -0.598. The number of aliphatic hydroxyl groups is 1. The van der Waals surface area contributed by atoms with Gasteiger partial charge in [-0.15, -0.1) is 0 Å². The van der Waals surface area contributed by atoms with E-state index in [4.69, 9.17) is 9.47 Å². The van der Waals surface area contributed by atoms with Crippen molar-refractivity contribution in [3.63, 3.8) is 0 Å². The third-order valence-corrected chi connectivity index (χ3v) is 6.69. The highest BCUT2D eigenvalue weighted by Gasteiger charge is 2.33. The number of hydrogen-bond acceptors (Lipinski definition) is 6. The summed E-state index contributed by atoms with van der Waals surface area (Å²) in [6, 6.07) is 23.6. The molecule has 0 unspecified atom stereocenters. The highest BCUT2D eigenvalue weighted by atomic mass is 32.2. The molecule has 5 nitrogen and oxygen atoms in total. The van der Waals surface area contributed by atoms with Crippen molar-refractivity contribution < 1.29 is 19.4 Å². The van der Waals surface area contributed by atoms with Gasteiger partial charge in [-0.25, -0.2) is 9.79 Å². The summed E-state index contributed by atoms with van der Waals surface area (Å²) in [6.45, 7) is 6.49. The maximum absolute atomic E-state index is 12.7. The van der Waals surface area contributed by atoms with Crippen molar-refractivity contribution in [1.82, 2.24) is 0 Å². The average Bonchev–Trinajstić information content (AvgIpc) is 3.19. The number of rotatable bonds is 8. The van der Waals surface area contributed by atoms with Crippen LogP contribution in [0.5, 0.6) is 5.75 Å². The molecule has 4 rings (SSSR count). The van der Waals surface area contributed by atoms with E-state index in [9.17, 15) is 9.90 Å². The molecule has 0 radical (unpaired) electrons. The topological polar surface area (TPSA) is 68.1 Å². The summed E-state index contributed by atoms with van der Waals surface area (Å²) in [6.07, 6.45) is 2.74. The molecular formula is C30H29NO4S. The van der Waals surface area contributed by atoms with Crippen LogP contribution in [0.3, 0.4) is 0 Å². The molecule has 0 aromatic heterocycles. The summed E-state index contributed by atoms with van der Waals surface area (Å²) < 4.78 is 11.3. The summed E-state index contributed by atoms with van der Waals surface area (Å²) in [7, 11) is 0. The van der Waals surface area contributed by atoms with Crippen molar-refractivity contribution in [2.45, 2.75) is 33.8 Å². The molecule has 0 spiro atoms. The molecule has 0 saturated heterocycles. The number of hydrogen-bond donors (Lipinski definition) is 1. The number of ether oxygens (including phenoxy) is 2. The molecule has 184 valence electrons. The van der Waals surface area contributed by atoms with Gasteiger partial charge < -0.3 is 14.6 Å². The van der Waals surface area contributed by atoms with Gasteiger partial charge in [-0.2, -0.15) is 0 Å². The van der Waals surface area contributed by atoms with E-state index in [0.717, 1.165) is 17.5 Å². The summed E-state index contributed by atoms with van der Waals surface area (Å²) in [5.41, 5.74) is 5.02. The van der Waals surface area contributed by atoms with Crippen LogP contribution in [0.25, 0.3) is 6.08 Å². The molecular weight excluding hydrogens is 470 g/mol. The SMILES string of the molecule is CCOC(=O)C1=C(O)C(=Cc2ccccc2OCc2ccc(C)cc2)SC1=Nc1ccc(CC)cc1. The first-order valence-electron chi connectivity index (χ1n) is 11.9. The number of carbonyl (C=O) groups excluding carboxylic acids is 1. The Morgan fingerprint density at radius 1 is 0.972 bits per heavy atom. The van der Waals surface area contributed by atoms with Crippen molar-refractivity contribution >= 4 is 34.5 Å². The molecule has 0 saturated carbocycles. The molecule has 0 aliphatic carbocycles. The number of carbonyl (C=O) groups is 1. The number of esters is 1. The Balaban J connectivity index is 1.65. The standard InChI is InChI=1S/C30H29NO4S/c1-4-21-14-16-24(17-15-21)31-29-27(30(33)34-5-2)28(32)26(36-29)18-23-8-6-7-9-25(23)35-19-22-12-10-20(3)11-13-22/h6-18,32H,4-5,19H2,1-3H3. The lowest BCUT2D eigenvalue weighted by Crippen LogP contribution is -2.12.